The molecule has 4 aliphatic carbocycles. The number of aryl methyl sites for hydroxylation is 1. The highest BCUT2D eigenvalue weighted by molar-refractivity contribution is 5.91. The minimum atomic E-state index is -0.152. The first kappa shape index (κ1) is 21.4. The maximum Gasteiger partial charge on any atom is 0.155 e. The zero-order chi connectivity index (χ0) is 21.5. The van der Waals surface area contributed by atoms with Crippen LogP contribution < -0.4 is 0 Å². The standard InChI is InChI=1S/C25H32O2.C3H4/c1-15-3-5-16(6-4-15)21-14-25(2)22(11-12-23(25)27)20-9-7-17-13-18(26)8-10-19(17)24(20)21;1-3-2/h3-6,13,19-24,27H,7-12,14H2,1-2H3;1H,2H3. The zero-order valence-corrected chi connectivity index (χ0v) is 18.7. The number of carbonyl (C=O) groups is 1. The summed E-state index contributed by atoms with van der Waals surface area (Å²) in [5.74, 6) is 5.66. The Morgan fingerprint density at radius 1 is 1.07 bits per heavy atom. The van der Waals surface area contributed by atoms with Crippen molar-refractivity contribution >= 4 is 5.78 Å². The lowest BCUT2D eigenvalue weighted by Gasteiger charge is -2.57. The van der Waals surface area contributed by atoms with Gasteiger partial charge in [0.15, 0.2) is 5.78 Å². The van der Waals surface area contributed by atoms with Gasteiger partial charge in [-0.25, -0.2) is 0 Å². The highest BCUT2D eigenvalue weighted by Gasteiger charge is 2.59. The summed E-state index contributed by atoms with van der Waals surface area (Å²) in [7, 11) is 0. The first-order chi connectivity index (χ1) is 14.4. The lowest BCUT2D eigenvalue weighted by Crippen LogP contribution is -2.50. The number of benzene rings is 1. The van der Waals surface area contributed by atoms with E-state index in [1.54, 1.807) is 6.92 Å². The minimum Gasteiger partial charge on any atom is -0.393 e. The largest absolute Gasteiger partial charge is 0.393 e. The van der Waals surface area contributed by atoms with Crippen LogP contribution in [0.15, 0.2) is 35.9 Å². The van der Waals surface area contributed by atoms with Crippen molar-refractivity contribution in [3.8, 4) is 12.3 Å². The van der Waals surface area contributed by atoms with E-state index in [1.165, 1.54) is 29.5 Å². The lowest BCUT2D eigenvalue weighted by molar-refractivity contribution is -0.116. The van der Waals surface area contributed by atoms with Crippen molar-refractivity contribution in [2.75, 3.05) is 0 Å². The van der Waals surface area contributed by atoms with Gasteiger partial charge >= 0.3 is 0 Å². The van der Waals surface area contributed by atoms with Crippen LogP contribution >= 0.6 is 0 Å². The van der Waals surface area contributed by atoms with Gasteiger partial charge in [0.05, 0.1) is 6.10 Å². The van der Waals surface area contributed by atoms with Crippen LogP contribution in [0.3, 0.4) is 0 Å². The molecule has 7 atom stereocenters. The Labute approximate surface area is 182 Å². The molecule has 0 spiro atoms. The number of fused-ring (bicyclic) bond motifs is 5. The first-order valence-electron chi connectivity index (χ1n) is 11.7. The summed E-state index contributed by atoms with van der Waals surface area (Å²) in [5, 5.41) is 10.9. The van der Waals surface area contributed by atoms with E-state index in [0.29, 0.717) is 35.4 Å². The molecule has 4 aliphatic rings. The smallest absolute Gasteiger partial charge is 0.155 e. The van der Waals surface area contributed by atoms with Crippen LogP contribution in [0.1, 0.15) is 75.8 Å². The second-order valence-corrected chi connectivity index (χ2v) is 10.3. The molecule has 0 bridgehead atoms. The Morgan fingerprint density at radius 3 is 2.47 bits per heavy atom. The number of carbonyl (C=O) groups excluding carboxylic acids is 1. The molecule has 2 nitrogen and oxygen atoms in total. The predicted molar refractivity (Wildman–Crippen MR) is 122 cm³/mol. The second-order valence-electron chi connectivity index (χ2n) is 10.3. The van der Waals surface area contributed by atoms with Gasteiger partial charge in [-0.1, -0.05) is 42.3 Å². The maximum absolute atomic E-state index is 12.0. The molecule has 1 aromatic rings. The molecule has 5 rings (SSSR count). The SMILES string of the molecule is C#CC.Cc1ccc(C2CC3(C)C(O)CCC3C3CCC4=CC(=O)CCC4C23)cc1. The molecule has 30 heavy (non-hydrogen) atoms. The average molecular weight is 405 g/mol. The molecule has 0 radical (unpaired) electrons. The van der Waals surface area contributed by atoms with E-state index < -0.39 is 0 Å². The molecule has 1 N–H and O–H groups in total. The molecule has 0 heterocycles. The van der Waals surface area contributed by atoms with Crippen LogP contribution in [-0.2, 0) is 4.79 Å². The highest BCUT2D eigenvalue weighted by Crippen LogP contribution is 2.65. The maximum atomic E-state index is 12.0. The van der Waals surface area contributed by atoms with Gasteiger partial charge in [0, 0.05) is 6.42 Å². The van der Waals surface area contributed by atoms with E-state index in [1.807, 2.05) is 6.08 Å². The number of rotatable bonds is 1. The quantitative estimate of drug-likeness (QED) is 0.598. The van der Waals surface area contributed by atoms with Crippen molar-refractivity contribution in [1.29, 1.82) is 0 Å². The predicted octanol–water partition coefficient (Wildman–Crippen LogP) is 5.83. The van der Waals surface area contributed by atoms with Crippen LogP contribution in [-0.4, -0.2) is 17.0 Å². The summed E-state index contributed by atoms with van der Waals surface area (Å²) in [5.41, 5.74) is 4.26. The fourth-order valence-electron chi connectivity index (χ4n) is 7.44. The van der Waals surface area contributed by atoms with Crippen LogP contribution in [0.25, 0.3) is 0 Å². The zero-order valence-electron chi connectivity index (χ0n) is 18.7. The highest BCUT2D eigenvalue weighted by atomic mass is 16.3. The fraction of sp³-hybridized carbons (Fsp3) is 0.607. The molecule has 1 aromatic carbocycles. The van der Waals surface area contributed by atoms with E-state index in [9.17, 15) is 9.90 Å². The normalized spacial score (nSPS) is 39.4. The van der Waals surface area contributed by atoms with E-state index >= 15 is 0 Å². The van der Waals surface area contributed by atoms with Gasteiger partial charge < -0.3 is 5.11 Å². The van der Waals surface area contributed by atoms with Crippen LogP contribution in [0, 0.1) is 48.4 Å². The van der Waals surface area contributed by atoms with Crippen LogP contribution in [0.5, 0.6) is 0 Å². The number of terminal acetylenes is 1. The third-order valence-corrected chi connectivity index (χ3v) is 8.76. The third kappa shape index (κ3) is 3.56. The Bertz CT molecular complexity index is 858. The fourth-order valence-corrected chi connectivity index (χ4v) is 7.44. The number of hydrogen-bond donors (Lipinski definition) is 1. The molecule has 7 unspecified atom stereocenters. The summed E-state index contributed by atoms with van der Waals surface area (Å²) in [6.07, 6.45) is 13.8. The number of allylic oxidation sites excluding steroid dienone is 1. The summed E-state index contributed by atoms with van der Waals surface area (Å²) in [6.45, 7) is 6.17. The molecule has 3 fully saturated rings. The van der Waals surface area contributed by atoms with Crippen molar-refractivity contribution in [2.24, 2.45) is 29.1 Å². The number of hydrogen-bond acceptors (Lipinski definition) is 2. The Morgan fingerprint density at radius 2 is 1.77 bits per heavy atom. The van der Waals surface area contributed by atoms with Crippen molar-refractivity contribution in [2.45, 2.75) is 77.7 Å². The molecule has 0 amide bonds. The van der Waals surface area contributed by atoms with Crippen molar-refractivity contribution in [3.05, 3.63) is 47.0 Å². The molecule has 160 valence electrons. The van der Waals surface area contributed by atoms with Gasteiger partial charge in [-0.15, -0.1) is 12.3 Å². The Kier molecular flexibility index (Phi) is 5.95. The minimum absolute atomic E-state index is 0.0580. The van der Waals surface area contributed by atoms with Gasteiger partial charge in [-0.3, -0.25) is 4.79 Å². The van der Waals surface area contributed by atoms with E-state index in [-0.39, 0.29) is 11.5 Å². The summed E-state index contributed by atoms with van der Waals surface area (Å²) < 4.78 is 0. The molecule has 0 saturated heterocycles. The molecule has 0 aliphatic heterocycles. The molecular formula is C28H36O2. The van der Waals surface area contributed by atoms with Crippen molar-refractivity contribution in [3.63, 3.8) is 0 Å². The Balaban J connectivity index is 0.000000687. The van der Waals surface area contributed by atoms with E-state index in [2.05, 4.69) is 50.5 Å². The summed E-state index contributed by atoms with van der Waals surface area (Å²) in [6, 6.07) is 9.14. The van der Waals surface area contributed by atoms with E-state index in [0.717, 1.165) is 32.1 Å². The number of aliphatic hydroxyl groups is 1. The number of ketones is 1. The molecule has 2 heteroatoms. The average Bonchev–Trinajstić information content (AvgIpc) is 3.03. The lowest BCUT2D eigenvalue weighted by atomic mass is 9.48. The van der Waals surface area contributed by atoms with Crippen LogP contribution in [0.4, 0.5) is 0 Å². The second kappa shape index (κ2) is 8.35. The third-order valence-electron chi connectivity index (χ3n) is 8.76. The van der Waals surface area contributed by atoms with Crippen molar-refractivity contribution in [1.82, 2.24) is 0 Å². The van der Waals surface area contributed by atoms with Gasteiger partial charge in [0.1, 0.15) is 0 Å². The summed E-state index contributed by atoms with van der Waals surface area (Å²) >= 11 is 0. The van der Waals surface area contributed by atoms with Gasteiger partial charge in [-0.2, -0.15) is 0 Å². The molecule has 0 aromatic heterocycles. The van der Waals surface area contributed by atoms with Gasteiger partial charge in [0.2, 0.25) is 0 Å². The van der Waals surface area contributed by atoms with Crippen molar-refractivity contribution < 1.29 is 9.90 Å². The Hall–Kier alpha value is -1.85. The van der Waals surface area contributed by atoms with Gasteiger partial charge in [0.25, 0.3) is 0 Å². The first-order valence-corrected chi connectivity index (χ1v) is 11.7. The van der Waals surface area contributed by atoms with E-state index in [4.69, 9.17) is 0 Å². The molecular weight excluding hydrogens is 368 g/mol. The topological polar surface area (TPSA) is 37.3 Å². The van der Waals surface area contributed by atoms with Gasteiger partial charge in [-0.05, 0) is 99.0 Å². The monoisotopic (exact) mass is 404 g/mol. The molecule has 3 saturated carbocycles. The van der Waals surface area contributed by atoms with Crippen LogP contribution in [0.2, 0.25) is 0 Å². The number of aliphatic hydroxyl groups excluding tert-OH is 1. The summed E-state index contributed by atoms with van der Waals surface area (Å²) in [4.78, 5) is 12.0.